The van der Waals surface area contributed by atoms with Gasteiger partial charge >= 0.3 is 0 Å². The van der Waals surface area contributed by atoms with Crippen LogP contribution in [0.1, 0.15) is 18.3 Å². The molecule has 2 aromatic rings. The van der Waals surface area contributed by atoms with Gasteiger partial charge in [0.1, 0.15) is 0 Å². The molecule has 2 aromatic heterocycles. The van der Waals surface area contributed by atoms with Gasteiger partial charge in [0.05, 0.1) is 22.4 Å². The fraction of sp³-hybridized carbons (Fsp3) is 0.154. The standard InChI is InChI=1S/C13H12BrN3O/c1-10(18)5-6-13-12(14)9-17(16-13)8-11-4-2-3-7-15-11/h2-7,9H,8H2,1H3/b6-5+. The van der Waals surface area contributed by atoms with Crippen LogP contribution >= 0.6 is 15.9 Å². The van der Waals surface area contributed by atoms with Crippen molar-refractivity contribution >= 4 is 27.8 Å². The number of carbonyl (C=O) groups excluding carboxylic acids is 1. The number of allylic oxidation sites excluding steroid dienone is 1. The molecule has 2 heterocycles. The number of aromatic nitrogens is 3. The van der Waals surface area contributed by atoms with Crippen LogP contribution in [0.4, 0.5) is 0 Å². The van der Waals surface area contributed by atoms with E-state index in [2.05, 4.69) is 26.0 Å². The largest absolute Gasteiger partial charge is 0.295 e. The number of halogens is 1. The molecular weight excluding hydrogens is 294 g/mol. The van der Waals surface area contributed by atoms with Crippen molar-refractivity contribution in [2.24, 2.45) is 0 Å². The Kier molecular flexibility index (Phi) is 4.04. The number of hydrogen-bond donors (Lipinski definition) is 0. The van der Waals surface area contributed by atoms with Crippen LogP contribution in [-0.4, -0.2) is 20.5 Å². The van der Waals surface area contributed by atoms with Crippen molar-refractivity contribution in [2.75, 3.05) is 0 Å². The van der Waals surface area contributed by atoms with Crippen LogP contribution in [0.2, 0.25) is 0 Å². The van der Waals surface area contributed by atoms with Crippen LogP contribution in [0.3, 0.4) is 0 Å². The van der Waals surface area contributed by atoms with Gasteiger partial charge in [-0.1, -0.05) is 6.07 Å². The molecule has 18 heavy (non-hydrogen) atoms. The maximum Gasteiger partial charge on any atom is 0.152 e. The minimum absolute atomic E-state index is 0.00109. The fourth-order valence-electron chi connectivity index (χ4n) is 1.46. The molecule has 0 aliphatic rings. The molecule has 0 aliphatic heterocycles. The third-order valence-corrected chi connectivity index (χ3v) is 2.88. The molecule has 0 aromatic carbocycles. The highest BCUT2D eigenvalue weighted by molar-refractivity contribution is 9.10. The third kappa shape index (κ3) is 3.37. The van der Waals surface area contributed by atoms with Gasteiger partial charge in [0.15, 0.2) is 5.78 Å². The average Bonchev–Trinajstić information content (AvgIpc) is 2.68. The van der Waals surface area contributed by atoms with E-state index in [1.807, 2.05) is 24.4 Å². The van der Waals surface area contributed by atoms with Gasteiger partial charge in [-0.25, -0.2) is 0 Å². The Hall–Kier alpha value is -1.75. The number of ketones is 1. The first-order chi connectivity index (χ1) is 8.65. The van der Waals surface area contributed by atoms with E-state index in [1.165, 1.54) is 13.0 Å². The monoisotopic (exact) mass is 305 g/mol. The van der Waals surface area contributed by atoms with Gasteiger partial charge in [0, 0.05) is 12.4 Å². The zero-order valence-corrected chi connectivity index (χ0v) is 11.5. The van der Waals surface area contributed by atoms with Crippen LogP contribution in [-0.2, 0) is 11.3 Å². The summed E-state index contributed by atoms with van der Waals surface area (Å²) in [4.78, 5) is 15.1. The van der Waals surface area contributed by atoms with Crippen molar-refractivity contribution in [1.82, 2.24) is 14.8 Å². The molecule has 0 saturated heterocycles. The van der Waals surface area contributed by atoms with Crippen molar-refractivity contribution in [1.29, 1.82) is 0 Å². The van der Waals surface area contributed by atoms with Gasteiger partial charge < -0.3 is 0 Å². The lowest BCUT2D eigenvalue weighted by atomic mass is 10.3. The van der Waals surface area contributed by atoms with Gasteiger partial charge in [-0.3, -0.25) is 14.5 Å². The van der Waals surface area contributed by atoms with Crippen LogP contribution in [0, 0.1) is 0 Å². The molecule has 0 spiro atoms. The second kappa shape index (κ2) is 5.73. The lowest BCUT2D eigenvalue weighted by Gasteiger charge is -1.99. The Morgan fingerprint density at radius 2 is 2.33 bits per heavy atom. The maximum atomic E-state index is 10.9. The molecule has 0 amide bonds. The SMILES string of the molecule is CC(=O)/C=C/c1nn(Cc2ccccn2)cc1Br. The Balaban J connectivity index is 2.16. The molecule has 0 saturated carbocycles. The molecule has 0 radical (unpaired) electrons. The van der Waals surface area contributed by atoms with Crippen molar-refractivity contribution < 1.29 is 4.79 Å². The molecule has 0 fully saturated rings. The van der Waals surface area contributed by atoms with E-state index in [9.17, 15) is 4.79 Å². The van der Waals surface area contributed by atoms with E-state index >= 15 is 0 Å². The summed E-state index contributed by atoms with van der Waals surface area (Å²) < 4.78 is 2.64. The molecule has 0 atom stereocenters. The predicted molar refractivity (Wildman–Crippen MR) is 73.0 cm³/mol. The van der Waals surface area contributed by atoms with Gasteiger partial charge in [0.2, 0.25) is 0 Å². The van der Waals surface area contributed by atoms with Gasteiger partial charge in [0.25, 0.3) is 0 Å². The van der Waals surface area contributed by atoms with E-state index in [4.69, 9.17) is 0 Å². The van der Waals surface area contributed by atoms with Crippen LogP contribution in [0.15, 0.2) is 41.1 Å². The summed E-state index contributed by atoms with van der Waals surface area (Å²) in [6.07, 6.45) is 6.82. The van der Waals surface area contributed by atoms with Crippen LogP contribution < -0.4 is 0 Å². The first kappa shape index (κ1) is 12.7. The van der Waals surface area contributed by atoms with E-state index < -0.39 is 0 Å². The highest BCUT2D eigenvalue weighted by Crippen LogP contribution is 2.16. The average molecular weight is 306 g/mol. The number of hydrogen-bond acceptors (Lipinski definition) is 3. The van der Waals surface area contributed by atoms with Crippen molar-refractivity contribution in [2.45, 2.75) is 13.5 Å². The fourth-order valence-corrected chi connectivity index (χ4v) is 1.91. The van der Waals surface area contributed by atoms with E-state index in [0.717, 1.165) is 15.9 Å². The minimum atomic E-state index is 0.00109. The van der Waals surface area contributed by atoms with Crippen molar-refractivity contribution in [3.63, 3.8) is 0 Å². The lowest BCUT2D eigenvalue weighted by Crippen LogP contribution is -2.01. The first-order valence-corrected chi connectivity index (χ1v) is 6.26. The number of nitrogens with zero attached hydrogens (tertiary/aromatic N) is 3. The summed E-state index contributed by atoms with van der Waals surface area (Å²) in [5.41, 5.74) is 1.68. The number of pyridine rings is 1. The topological polar surface area (TPSA) is 47.8 Å². The second-order valence-corrected chi connectivity index (χ2v) is 4.68. The molecule has 2 rings (SSSR count). The molecule has 0 bridgehead atoms. The predicted octanol–water partition coefficient (Wildman–Crippen LogP) is 2.69. The van der Waals surface area contributed by atoms with Crippen molar-refractivity contribution in [3.05, 3.63) is 52.5 Å². The maximum absolute atomic E-state index is 10.9. The molecular formula is C13H12BrN3O. The molecule has 0 unspecified atom stereocenters. The van der Waals surface area contributed by atoms with Crippen molar-refractivity contribution in [3.8, 4) is 0 Å². The summed E-state index contributed by atoms with van der Waals surface area (Å²) in [5, 5.41) is 4.37. The molecule has 92 valence electrons. The minimum Gasteiger partial charge on any atom is -0.295 e. The van der Waals surface area contributed by atoms with Crippen LogP contribution in [0.5, 0.6) is 0 Å². The Bertz CT molecular complexity index is 575. The van der Waals surface area contributed by atoms with E-state index in [0.29, 0.717) is 6.54 Å². The smallest absolute Gasteiger partial charge is 0.152 e. The molecule has 0 aliphatic carbocycles. The van der Waals surface area contributed by atoms with Crippen LogP contribution in [0.25, 0.3) is 6.08 Å². The summed E-state index contributed by atoms with van der Waals surface area (Å²) >= 11 is 3.41. The summed E-state index contributed by atoms with van der Waals surface area (Å²) in [6.45, 7) is 2.11. The number of carbonyl (C=O) groups is 1. The summed E-state index contributed by atoms with van der Waals surface area (Å²) in [6, 6.07) is 5.77. The van der Waals surface area contributed by atoms with E-state index in [-0.39, 0.29) is 5.78 Å². The van der Waals surface area contributed by atoms with Gasteiger partial charge in [-0.2, -0.15) is 5.10 Å². The molecule has 5 heteroatoms. The Morgan fingerprint density at radius 1 is 1.50 bits per heavy atom. The Morgan fingerprint density at radius 3 is 3.00 bits per heavy atom. The van der Waals surface area contributed by atoms with Gasteiger partial charge in [-0.05, 0) is 47.1 Å². The zero-order valence-electron chi connectivity index (χ0n) is 9.88. The summed E-state index contributed by atoms with van der Waals surface area (Å²) in [7, 11) is 0. The lowest BCUT2D eigenvalue weighted by molar-refractivity contribution is -0.112. The second-order valence-electron chi connectivity index (χ2n) is 3.82. The quantitative estimate of drug-likeness (QED) is 0.816. The third-order valence-electron chi connectivity index (χ3n) is 2.27. The van der Waals surface area contributed by atoms with Gasteiger partial charge in [-0.15, -0.1) is 0 Å². The number of rotatable bonds is 4. The zero-order chi connectivity index (χ0) is 13.0. The Labute approximate surface area is 113 Å². The highest BCUT2D eigenvalue weighted by atomic mass is 79.9. The molecule has 4 nitrogen and oxygen atoms in total. The first-order valence-electron chi connectivity index (χ1n) is 5.46. The summed E-state index contributed by atoms with van der Waals surface area (Å²) in [5.74, 6) is 0.00109. The van der Waals surface area contributed by atoms with E-state index in [1.54, 1.807) is 17.0 Å². The molecule has 0 N–H and O–H groups in total. The normalized spacial score (nSPS) is 11.0. The highest BCUT2D eigenvalue weighted by Gasteiger charge is 2.04.